The molecule has 180 valence electrons. The van der Waals surface area contributed by atoms with Crippen molar-refractivity contribution in [2.75, 3.05) is 10.8 Å². The maximum atomic E-state index is 10.9. The van der Waals surface area contributed by atoms with Gasteiger partial charge in [0.2, 0.25) is 0 Å². The third-order valence-electron chi connectivity index (χ3n) is 6.87. The molecule has 0 radical (unpaired) electrons. The first-order chi connectivity index (χ1) is 16.2. The minimum absolute atomic E-state index is 0.206. The number of aromatic nitrogens is 2. The second-order valence-corrected chi connectivity index (χ2v) is 12.1. The van der Waals surface area contributed by atoms with Crippen molar-refractivity contribution in [3.8, 4) is 17.0 Å². The van der Waals surface area contributed by atoms with Gasteiger partial charge in [0.15, 0.2) is 0 Å². The molecule has 2 aromatic heterocycles. The lowest BCUT2D eigenvalue weighted by Crippen LogP contribution is -2.55. The van der Waals surface area contributed by atoms with Gasteiger partial charge in [0, 0.05) is 40.7 Å². The van der Waals surface area contributed by atoms with Gasteiger partial charge in [-0.05, 0) is 69.5 Å². The first kappa shape index (κ1) is 23.3. The molecule has 3 aromatic rings. The van der Waals surface area contributed by atoms with E-state index in [1.165, 1.54) is 0 Å². The summed E-state index contributed by atoms with van der Waals surface area (Å²) >= 11 is 1.57. The van der Waals surface area contributed by atoms with Gasteiger partial charge >= 0.3 is 0 Å². The molecule has 0 aliphatic carbocycles. The van der Waals surface area contributed by atoms with E-state index < -0.39 is 16.3 Å². The standard InChI is InChI=1S/C25H30N4O3S2/c1-17-5-4-6-23(27-17)29-25(10-12-34(29,31)32)9-11-28(18(2)14-25)15-20-7-8-22(30)21(13-20)24-19(3)33-16-26-24/h4-8,10,12-13,16,18,30-32H,9,11,14-15H2,1-3H3/t18-,25-/m0/s1. The fourth-order valence-electron chi connectivity index (χ4n) is 5.16. The SMILES string of the molecule is Cc1cccc(N2[C@]3(C=CS2(O)O)CCN(Cc2ccc(O)c(-c4ncsc4C)c2)[C@@H](C)C3)n1. The fourth-order valence-corrected chi connectivity index (χ4v) is 7.45. The second kappa shape index (κ2) is 8.66. The molecule has 0 unspecified atom stereocenters. The van der Waals surface area contributed by atoms with Crippen LogP contribution in [0.3, 0.4) is 0 Å². The average Bonchev–Trinajstić information content (AvgIpc) is 3.31. The number of benzene rings is 1. The highest BCUT2D eigenvalue weighted by molar-refractivity contribution is 8.28. The zero-order valence-electron chi connectivity index (χ0n) is 19.5. The highest BCUT2D eigenvalue weighted by Crippen LogP contribution is 2.59. The third kappa shape index (κ3) is 4.12. The van der Waals surface area contributed by atoms with Gasteiger partial charge in [-0.1, -0.05) is 22.9 Å². The van der Waals surface area contributed by atoms with Crippen LogP contribution in [-0.4, -0.2) is 47.2 Å². The first-order valence-corrected chi connectivity index (χ1v) is 13.8. The van der Waals surface area contributed by atoms with Crippen LogP contribution >= 0.6 is 22.1 Å². The Hall–Kier alpha value is -2.43. The van der Waals surface area contributed by atoms with Crippen LogP contribution in [0.1, 0.15) is 35.9 Å². The van der Waals surface area contributed by atoms with Crippen LogP contribution < -0.4 is 4.31 Å². The van der Waals surface area contributed by atoms with Crippen LogP contribution in [0, 0.1) is 13.8 Å². The number of anilines is 1. The van der Waals surface area contributed by atoms with Gasteiger partial charge in [0.25, 0.3) is 0 Å². The van der Waals surface area contributed by atoms with Crippen molar-refractivity contribution >= 4 is 27.9 Å². The molecular formula is C25H30N4O3S2. The molecule has 2 aliphatic rings. The molecule has 1 fully saturated rings. The van der Waals surface area contributed by atoms with Gasteiger partial charge < -0.3 is 5.11 Å². The van der Waals surface area contributed by atoms with Crippen molar-refractivity contribution in [3.05, 3.63) is 69.5 Å². The Labute approximate surface area is 205 Å². The Morgan fingerprint density at radius 1 is 1.21 bits per heavy atom. The van der Waals surface area contributed by atoms with Crippen molar-refractivity contribution < 1.29 is 14.2 Å². The van der Waals surface area contributed by atoms with Crippen molar-refractivity contribution in [1.29, 1.82) is 0 Å². The molecule has 34 heavy (non-hydrogen) atoms. The number of likely N-dealkylation sites (tertiary alicyclic amines) is 1. The lowest BCUT2D eigenvalue weighted by atomic mass is 9.83. The maximum absolute atomic E-state index is 10.9. The Morgan fingerprint density at radius 3 is 2.74 bits per heavy atom. The zero-order chi connectivity index (χ0) is 24.1. The number of hydrogen-bond donors (Lipinski definition) is 3. The summed E-state index contributed by atoms with van der Waals surface area (Å²) in [5, 5.41) is 12.0. The number of phenolic OH excluding ortho intramolecular Hbond substituents is 1. The molecule has 4 heterocycles. The van der Waals surface area contributed by atoms with Crippen LogP contribution in [0.5, 0.6) is 5.75 Å². The fraction of sp³-hybridized carbons (Fsp3) is 0.360. The number of piperidine rings is 1. The van der Waals surface area contributed by atoms with Gasteiger partial charge in [-0.3, -0.25) is 14.0 Å². The minimum atomic E-state index is -3.07. The molecule has 2 aliphatic heterocycles. The van der Waals surface area contributed by atoms with E-state index in [0.29, 0.717) is 5.82 Å². The zero-order valence-corrected chi connectivity index (χ0v) is 21.2. The van der Waals surface area contributed by atoms with E-state index in [9.17, 15) is 14.2 Å². The van der Waals surface area contributed by atoms with Crippen molar-refractivity contribution in [2.24, 2.45) is 0 Å². The van der Waals surface area contributed by atoms with Crippen LogP contribution in [0.25, 0.3) is 11.3 Å². The number of thiazole rings is 1. The maximum Gasteiger partial charge on any atom is 0.148 e. The van der Waals surface area contributed by atoms with Crippen molar-refractivity contribution in [1.82, 2.24) is 14.9 Å². The normalized spacial score (nSPS) is 25.2. The van der Waals surface area contributed by atoms with Crippen LogP contribution in [0.2, 0.25) is 0 Å². The van der Waals surface area contributed by atoms with Gasteiger partial charge in [0.05, 0.1) is 16.7 Å². The number of hydrogen-bond acceptors (Lipinski definition) is 8. The highest BCUT2D eigenvalue weighted by Gasteiger charge is 2.50. The molecule has 7 nitrogen and oxygen atoms in total. The summed E-state index contributed by atoms with van der Waals surface area (Å²) in [6.07, 6.45) is 3.49. The van der Waals surface area contributed by atoms with Gasteiger partial charge in [0.1, 0.15) is 11.6 Å². The smallest absolute Gasteiger partial charge is 0.148 e. The molecule has 1 saturated heterocycles. The van der Waals surface area contributed by atoms with Gasteiger partial charge in [-0.25, -0.2) is 14.3 Å². The molecule has 1 spiro atoms. The number of rotatable bonds is 4. The number of nitrogens with zero attached hydrogens (tertiary/aromatic N) is 4. The molecule has 5 rings (SSSR count). The van der Waals surface area contributed by atoms with Crippen LogP contribution in [0.15, 0.2) is 53.4 Å². The van der Waals surface area contributed by atoms with E-state index >= 15 is 0 Å². The molecule has 0 bridgehead atoms. The topological polar surface area (TPSA) is 93.0 Å². The van der Waals surface area contributed by atoms with E-state index in [0.717, 1.165) is 53.3 Å². The van der Waals surface area contributed by atoms with E-state index in [4.69, 9.17) is 0 Å². The summed E-state index contributed by atoms with van der Waals surface area (Å²) in [5.41, 5.74) is 4.88. The van der Waals surface area contributed by atoms with Gasteiger partial charge in [-0.15, -0.1) is 11.3 Å². The average molecular weight is 499 g/mol. The molecule has 9 heteroatoms. The molecule has 0 amide bonds. The van der Waals surface area contributed by atoms with Crippen LogP contribution in [0.4, 0.5) is 5.82 Å². The molecule has 1 aromatic carbocycles. The predicted molar refractivity (Wildman–Crippen MR) is 139 cm³/mol. The van der Waals surface area contributed by atoms with E-state index in [-0.39, 0.29) is 11.8 Å². The van der Waals surface area contributed by atoms with Crippen LogP contribution in [-0.2, 0) is 6.54 Å². The summed E-state index contributed by atoms with van der Waals surface area (Å²) in [6, 6.07) is 11.6. The lowest BCUT2D eigenvalue weighted by molar-refractivity contribution is 0.119. The highest BCUT2D eigenvalue weighted by atomic mass is 32.3. The molecule has 3 N–H and O–H groups in total. The second-order valence-electron chi connectivity index (χ2n) is 9.28. The Bertz CT molecular complexity index is 1240. The van der Waals surface area contributed by atoms with E-state index in [2.05, 4.69) is 21.8 Å². The molecule has 2 atom stereocenters. The van der Waals surface area contributed by atoms with E-state index in [1.807, 2.05) is 50.3 Å². The third-order valence-corrected chi connectivity index (χ3v) is 9.21. The van der Waals surface area contributed by atoms with Crippen molar-refractivity contribution in [2.45, 2.75) is 51.7 Å². The minimum Gasteiger partial charge on any atom is -0.507 e. The summed E-state index contributed by atoms with van der Waals surface area (Å²) in [6.45, 7) is 7.66. The number of aromatic hydroxyl groups is 1. The van der Waals surface area contributed by atoms with E-state index in [1.54, 1.807) is 32.6 Å². The predicted octanol–water partition coefficient (Wildman–Crippen LogP) is 5.95. The Balaban J connectivity index is 1.37. The number of pyridine rings is 1. The number of phenols is 1. The molecular weight excluding hydrogens is 468 g/mol. The molecule has 0 saturated carbocycles. The summed E-state index contributed by atoms with van der Waals surface area (Å²) < 4.78 is 23.5. The first-order valence-electron chi connectivity index (χ1n) is 11.4. The summed E-state index contributed by atoms with van der Waals surface area (Å²) in [5.74, 6) is 0.846. The number of aryl methyl sites for hydroxylation is 2. The van der Waals surface area contributed by atoms with Crippen molar-refractivity contribution in [3.63, 3.8) is 0 Å². The monoisotopic (exact) mass is 498 g/mol. The quantitative estimate of drug-likeness (QED) is 0.409. The Kier molecular flexibility index (Phi) is 5.94. The summed E-state index contributed by atoms with van der Waals surface area (Å²) in [7, 11) is -3.07. The Morgan fingerprint density at radius 2 is 2.03 bits per heavy atom. The summed E-state index contributed by atoms with van der Waals surface area (Å²) in [4.78, 5) is 12.5. The lowest BCUT2D eigenvalue weighted by Gasteiger charge is -2.51. The largest absolute Gasteiger partial charge is 0.507 e. The van der Waals surface area contributed by atoms with Gasteiger partial charge in [-0.2, -0.15) is 0 Å².